The number of guanidine groups is 1. The van der Waals surface area contributed by atoms with Gasteiger partial charge in [0, 0.05) is 24.8 Å². The van der Waals surface area contributed by atoms with E-state index in [9.17, 15) is 0 Å². The molecule has 0 bridgehead atoms. The monoisotopic (exact) mass is 341 g/mol. The summed E-state index contributed by atoms with van der Waals surface area (Å²) in [5, 5.41) is 6.58. The molecule has 25 heavy (non-hydrogen) atoms. The highest BCUT2D eigenvalue weighted by Crippen LogP contribution is 2.29. The standard InChI is InChI=1S/C20H27N3O2/c1-5-21-20(22-13-12-16-9-7-6-8-15(16)2)23-17-10-11-18(24-3)19(14-17)25-4/h6-11,14H,5,12-13H2,1-4H3,(H2,21,22,23). The second kappa shape index (κ2) is 9.57. The third-order valence-corrected chi connectivity index (χ3v) is 3.90. The maximum atomic E-state index is 5.35. The Morgan fingerprint density at radius 1 is 1.04 bits per heavy atom. The van der Waals surface area contributed by atoms with E-state index in [1.807, 2.05) is 25.1 Å². The third kappa shape index (κ3) is 5.41. The van der Waals surface area contributed by atoms with Crippen molar-refractivity contribution in [2.75, 3.05) is 32.6 Å². The van der Waals surface area contributed by atoms with E-state index in [2.05, 4.69) is 46.8 Å². The largest absolute Gasteiger partial charge is 0.493 e. The molecule has 0 fully saturated rings. The number of hydrogen-bond donors (Lipinski definition) is 2. The van der Waals surface area contributed by atoms with Gasteiger partial charge in [-0.3, -0.25) is 4.99 Å². The fourth-order valence-electron chi connectivity index (χ4n) is 2.54. The third-order valence-electron chi connectivity index (χ3n) is 3.90. The number of benzene rings is 2. The van der Waals surface area contributed by atoms with E-state index in [1.54, 1.807) is 14.2 Å². The highest BCUT2D eigenvalue weighted by atomic mass is 16.5. The van der Waals surface area contributed by atoms with Crippen LogP contribution in [0.4, 0.5) is 5.69 Å². The molecule has 2 rings (SSSR count). The van der Waals surface area contributed by atoms with Crippen molar-refractivity contribution in [2.45, 2.75) is 20.3 Å². The lowest BCUT2D eigenvalue weighted by Crippen LogP contribution is -2.30. The van der Waals surface area contributed by atoms with Gasteiger partial charge in [-0.25, -0.2) is 0 Å². The van der Waals surface area contributed by atoms with Crippen LogP contribution in [0.25, 0.3) is 0 Å². The van der Waals surface area contributed by atoms with Crippen LogP contribution in [-0.4, -0.2) is 33.3 Å². The van der Waals surface area contributed by atoms with Crippen molar-refractivity contribution in [1.82, 2.24) is 5.32 Å². The lowest BCUT2D eigenvalue weighted by molar-refractivity contribution is 0.355. The van der Waals surface area contributed by atoms with Crippen molar-refractivity contribution < 1.29 is 9.47 Å². The molecule has 0 heterocycles. The summed E-state index contributed by atoms with van der Waals surface area (Å²) >= 11 is 0. The number of methoxy groups -OCH3 is 2. The zero-order valence-corrected chi connectivity index (χ0v) is 15.4. The zero-order valence-electron chi connectivity index (χ0n) is 15.4. The molecule has 0 unspecified atom stereocenters. The highest BCUT2D eigenvalue weighted by molar-refractivity contribution is 5.93. The first kappa shape index (κ1) is 18.6. The Bertz CT molecular complexity index is 714. The van der Waals surface area contributed by atoms with Crippen molar-refractivity contribution in [1.29, 1.82) is 0 Å². The number of hydrogen-bond acceptors (Lipinski definition) is 3. The summed E-state index contributed by atoms with van der Waals surface area (Å²) in [5.74, 6) is 2.14. The van der Waals surface area contributed by atoms with Crippen LogP contribution in [0, 0.1) is 6.92 Å². The van der Waals surface area contributed by atoms with Gasteiger partial charge in [0.1, 0.15) is 0 Å². The molecule has 0 aliphatic heterocycles. The average molecular weight is 341 g/mol. The van der Waals surface area contributed by atoms with Gasteiger partial charge in [0.2, 0.25) is 0 Å². The fourth-order valence-corrected chi connectivity index (χ4v) is 2.54. The number of rotatable bonds is 7. The van der Waals surface area contributed by atoms with Crippen LogP contribution in [0.2, 0.25) is 0 Å². The van der Waals surface area contributed by atoms with Gasteiger partial charge in [-0.2, -0.15) is 0 Å². The van der Waals surface area contributed by atoms with Crippen molar-refractivity contribution in [3.8, 4) is 11.5 Å². The summed E-state index contributed by atoms with van der Waals surface area (Å²) in [6.07, 6.45) is 0.912. The summed E-state index contributed by atoms with van der Waals surface area (Å²) in [7, 11) is 3.26. The minimum Gasteiger partial charge on any atom is -0.493 e. The first-order valence-corrected chi connectivity index (χ1v) is 8.49. The molecule has 134 valence electrons. The first-order chi connectivity index (χ1) is 12.2. The Morgan fingerprint density at radius 3 is 2.48 bits per heavy atom. The van der Waals surface area contributed by atoms with Crippen LogP contribution in [0.3, 0.4) is 0 Å². The summed E-state index contributed by atoms with van der Waals surface area (Å²) in [4.78, 5) is 4.67. The second-order valence-electron chi connectivity index (χ2n) is 5.63. The Morgan fingerprint density at radius 2 is 1.80 bits per heavy atom. The molecule has 2 N–H and O–H groups in total. The van der Waals surface area contributed by atoms with E-state index in [4.69, 9.17) is 9.47 Å². The molecule has 0 aliphatic rings. The number of nitrogens with one attached hydrogen (secondary N) is 2. The summed E-state index contributed by atoms with van der Waals surface area (Å²) in [6, 6.07) is 14.1. The lowest BCUT2D eigenvalue weighted by Gasteiger charge is -2.14. The van der Waals surface area contributed by atoms with Gasteiger partial charge in [0.25, 0.3) is 0 Å². The van der Waals surface area contributed by atoms with Crippen LogP contribution in [-0.2, 0) is 6.42 Å². The Hall–Kier alpha value is -2.69. The van der Waals surface area contributed by atoms with Gasteiger partial charge in [-0.05, 0) is 43.5 Å². The van der Waals surface area contributed by atoms with E-state index in [1.165, 1.54) is 11.1 Å². The SMILES string of the molecule is CCNC(=NCCc1ccccc1C)Nc1ccc(OC)c(OC)c1. The van der Waals surface area contributed by atoms with Gasteiger partial charge >= 0.3 is 0 Å². The first-order valence-electron chi connectivity index (χ1n) is 8.49. The number of aliphatic imine (C=N–C) groups is 1. The molecule has 0 atom stereocenters. The molecule has 0 amide bonds. The smallest absolute Gasteiger partial charge is 0.195 e. The second-order valence-corrected chi connectivity index (χ2v) is 5.63. The molecule has 0 saturated heterocycles. The van der Waals surface area contributed by atoms with Crippen molar-refractivity contribution >= 4 is 11.6 Å². The fraction of sp³-hybridized carbons (Fsp3) is 0.350. The Balaban J connectivity index is 2.06. The minimum absolute atomic E-state index is 0.684. The van der Waals surface area contributed by atoms with E-state index in [0.29, 0.717) is 18.0 Å². The predicted molar refractivity (Wildman–Crippen MR) is 104 cm³/mol. The van der Waals surface area contributed by atoms with Crippen LogP contribution in [0.1, 0.15) is 18.1 Å². The minimum atomic E-state index is 0.684. The van der Waals surface area contributed by atoms with Crippen molar-refractivity contribution in [3.63, 3.8) is 0 Å². The topological polar surface area (TPSA) is 54.9 Å². The Labute approximate surface area is 150 Å². The normalized spacial score (nSPS) is 11.1. The van der Waals surface area contributed by atoms with Gasteiger partial charge in [-0.15, -0.1) is 0 Å². The number of anilines is 1. The van der Waals surface area contributed by atoms with Gasteiger partial charge in [-0.1, -0.05) is 24.3 Å². The van der Waals surface area contributed by atoms with Crippen LogP contribution >= 0.6 is 0 Å². The van der Waals surface area contributed by atoms with E-state index >= 15 is 0 Å². The number of nitrogens with zero attached hydrogens (tertiary/aromatic N) is 1. The van der Waals surface area contributed by atoms with E-state index in [-0.39, 0.29) is 0 Å². The summed E-state index contributed by atoms with van der Waals surface area (Å²) < 4.78 is 10.6. The van der Waals surface area contributed by atoms with Gasteiger partial charge in [0.05, 0.1) is 14.2 Å². The van der Waals surface area contributed by atoms with Crippen LogP contribution < -0.4 is 20.1 Å². The molecule has 2 aromatic rings. The lowest BCUT2D eigenvalue weighted by atomic mass is 10.1. The molecule has 2 aromatic carbocycles. The van der Waals surface area contributed by atoms with Crippen molar-refractivity contribution in [2.24, 2.45) is 4.99 Å². The van der Waals surface area contributed by atoms with Gasteiger partial charge in [0.15, 0.2) is 17.5 Å². The Kier molecular flexibility index (Phi) is 7.14. The quantitative estimate of drug-likeness (QED) is 0.596. The zero-order chi connectivity index (χ0) is 18.1. The van der Waals surface area contributed by atoms with E-state index in [0.717, 1.165) is 24.6 Å². The molecule has 0 saturated carbocycles. The average Bonchev–Trinajstić information content (AvgIpc) is 2.63. The van der Waals surface area contributed by atoms with Crippen LogP contribution in [0.15, 0.2) is 47.5 Å². The van der Waals surface area contributed by atoms with Crippen LogP contribution in [0.5, 0.6) is 11.5 Å². The molecule has 0 radical (unpaired) electrons. The highest BCUT2D eigenvalue weighted by Gasteiger charge is 2.06. The molecule has 0 aliphatic carbocycles. The summed E-state index contributed by atoms with van der Waals surface area (Å²) in [6.45, 7) is 5.69. The maximum absolute atomic E-state index is 5.35. The number of ether oxygens (including phenoxy) is 2. The molecular formula is C20H27N3O2. The molecule has 0 aromatic heterocycles. The summed E-state index contributed by atoms with van der Waals surface area (Å²) in [5.41, 5.74) is 3.53. The van der Waals surface area contributed by atoms with Crippen molar-refractivity contribution in [3.05, 3.63) is 53.6 Å². The molecule has 0 spiro atoms. The maximum Gasteiger partial charge on any atom is 0.195 e. The molecule has 5 nitrogen and oxygen atoms in total. The van der Waals surface area contributed by atoms with Gasteiger partial charge < -0.3 is 20.1 Å². The molecular weight excluding hydrogens is 314 g/mol. The predicted octanol–water partition coefficient (Wildman–Crippen LogP) is 3.63. The number of aryl methyl sites for hydroxylation is 1. The molecule has 5 heteroatoms. The van der Waals surface area contributed by atoms with E-state index < -0.39 is 0 Å².